The molecule has 0 saturated carbocycles. The molecule has 168 valence electrons. The van der Waals surface area contributed by atoms with Crippen LogP contribution in [-0.2, 0) is 16.6 Å². The maximum atomic E-state index is 13.8. The van der Waals surface area contributed by atoms with Gasteiger partial charge in [-0.25, -0.2) is 12.8 Å². The van der Waals surface area contributed by atoms with Gasteiger partial charge in [-0.05, 0) is 54.4 Å². The van der Waals surface area contributed by atoms with Gasteiger partial charge in [0, 0.05) is 12.1 Å². The number of hydrogen-bond donors (Lipinski definition) is 2. The van der Waals surface area contributed by atoms with Gasteiger partial charge in [-0.15, -0.1) is 0 Å². The number of rotatable bonds is 8. The lowest BCUT2D eigenvalue weighted by Crippen LogP contribution is -2.23. The molecule has 0 unspecified atom stereocenters. The topological polar surface area (TPSA) is 93.7 Å². The molecule has 0 aliphatic heterocycles. The van der Waals surface area contributed by atoms with Crippen LogP contribution in [0, 0.1) is 12.7 Å². The molecule has 32 heavy (non-hydrogen) atoms. The molecule has 0 heterocycles. The van der Waals surface area contributed by atoms with Crippen LogP contribution in [0.4, 0.5) is 10.1 Å². The zero-order valence-corrected chi connectivity index (χ0v) is 18.6. The van der Waals surface area contributed by atoms with Crippen molar-refractivity contribution in [1.82, 2.24) is 5.32 Å². The number of sulfonamides is 1. The number of hydrogen-bond acceptors (Lipinski definition) is 5. The molecule has 0 atom stereocenters. The first-order chi connectivity index (χ1) is 15.2. The van der Waals surface area contributed by atoms with Gasteiger partial charge in [0.2, 0.25) is 0 Å². The molecule has 7 nitrogen and oxygen atoms in total. The van der Waals surface area contributed by atoms with Crippen molar-refractivity contribution in [3.63, 3.8) is 0 Å². The molecule has 9 heteroatoms. The fourth-order valence-corrected chi connectivity index (χ4v) is 4.41. The summed E-state index contributed by atoms with van der Waals surface area (Å²) >= 11 is 0. The molecule has 3 rings (SSSR count). The Bertz CT molecular complexity index is 1240. The standard InChI is InChI=1S/C23H23FN2O5S/c1-15-8-10-17(23(27)25-14-16-9-11-20(30-2)18(24)12-16)13-22(15)32(28,29)26-19-6-4-5-7-21(19)31-3/h4-13,26H,14H2,1-3H3,(H,25,27). The number of benzene rings is 3. The Hall–Kier alpha value is -3.59. The van der Waals surface area contributed by atoms with E-state index in [9.17, 15) is 17.6 Å². The lowest BCUT2D eigenvalue weighted by Gasteiger charge is -2.14. The van der Waals surface area contributed by atoms with Crippen LogP contribution in [0.1, 0.15) is 21.5 Å². The first-order valence-corrected chi connectivity index (χ1v) is 11.1. The lowest BCUT2D eigenvalue weighted by atomic mass is 10.1. The Morgan fingerprint density at radius 1 is 0.969 bits per heavy atom. The first kappa shape index (κ1) is 23.1. The Labute approximate surface area is 186 Å². The lowest BCUT2D eigenvalue weighted by molar-refractivity contribution is 0.0950. The molecule has 2 N–H and O–H groups in total. The third-order valence-electron chi connectivity index (χ3n) is 4.76. The number of aryl methyl sites for hydroxylation is 1. The van der Waals surface area contributed by atoms with Crippen molar-refractivity contribution in [2.45, 2.75) is 18.4 Å². The molecule has 1 amide bonds. The number of carbonyl (C=O) groups excluding carboxylic acids is 1. The van der Waals surface area contributed by atoms with Crippen LogP contribution in [0.25, 0.3) is 0 Å². The van der Waals surface area contributed by atoms with Crippen LogP contribution in [-0.4, -0.2) is 28.5 Å². The molecule has 3 aromatic carbocycles. The van der Waals surface area contributed by atoms with Gasteiger partial charge in [0.05, 0.1) is 24.8 Å². The third-order valence-corrected chi connectivity index (χ3v) is 6.27. The average Bonchev–Trinajstić information content (AvgIpc) is 2.77. The van der Waals surface area contributed by atoms with E-state index in [-0.39, 0.29) is 28.4 Å². The highest BCUT2D eigenvalue weighted by atomic mass is 32.2. The number of methoxy groups -OCH3 is 2. The average molecular weight is 459 g/mol. The highest BCUT2D eigenvalue weighted by molar-refractivity contribution is 7.92. The highest BCUT2D eigenvalue weighted by Crippen LogP contribution is 2.27. The second-order valence-corrected chi connectivity index (χ2v) is 8.59. The summed E-state index contributed by atoms with van der Waals surface area (Å²) < 4.78 is 52.4. The van der Waals surface area contributed by atoms with Crippen molar-refractivity contribution in [3.8, 4) is 11.5 Å². The van der Waals surface area contributed by atoms with Crippen LogP contribution in [0.5, 0.6) is 11.5 Å². The SMILES string of the molecule is COc1ccc(CNC(=O)c2ccc(C)c(S(=O)(=O)Nc3ccccc3OC)c2)cc1F. The van der Waals surface area contributed by atoms with Gasteiger partial charge in [0.1, 0.15) is 5.75 Å². The Morgan fingerprint density at radius 3 is 2.38 bits per heavy atom. The molecule has 0 spiro atoms. The van der Waals surface area contributed by atoms with E-state index in [1.54, 1.807) is 43.3 Å². The van der Waals surface area contributed by atoms with Crippen LogP contribution < -0.4 is 19.5 Å². The monoisotopic (exact) mass is 458 g/mol. The number of halogens is 1. The van der Waals surface area contributed by atoms with Crippen LogP contribution in [0.2, 0.25) is 0 Å². The number of amides is 1. The third kappa shape index (κ3) is 5.17. The van der Waals surface area contributed by atoms with Crippen molar-refractivity contribution in [3.05, 3.63) is 83.2 Å². The predicted octanol–water partition coefficient (Wildman–Crippen LogP) is 3.88. The molecule has 0 aliphatic carbocycles. The summed E-state index contributed by atoms with van der Waals surface area (Å²) in [6.45, 7) is 1.70. The van der Waals surface area contributed by atoms with Crippen LogP contribution >= 0.6 is 0 Å². The molecular formula is C23H23FN2O5S. The zero-order chi connectivity index (χ0) is 23.3. The Balaban J connectivity index is 1.80. The number of carbonyl (C=O) groups is 1. The minimum absolute atomic E-state index is 0.0356. The van der Waals surface area contributed by atoms with Crippen LogP contribution in [0.3, 0.4) is 0 Å². The van der Waals surface area contributed by atoms with Crippen molar-refractivity contribution in [2.24, 2.45) is 0 Å². The van der Waals surface area contributed by atoms with Gasteiger partial charge < -0.3 is 14.8 Å². The minimum Gasteiger partial charge on any atom is -0.495 e. The van der Waals surface area contributed by atoms with Gasteiger partial charge in [0.25, 0.3) is 15.9 Å². The van der Waals surface area contributed by atoms with Crippen LogP contribution in [0.15, 0.2) is 65.6 Å². The normalized spacial score (nSPS) is 11.0. The number of nitrogens with one attached hydrogen (secondary N) is 2. The summed E-state index contributed by atoms with van der Waals surface area (Å²) in [6.07, 6.45) is 0. The maximum Gasteiger partial charge on any atom is 0.262 e. The molecule has 0 aromatic heterocycles. The minimum atomic E-state index is -3.99. The molecule has 0 bridgehead atoms. The van der Waals surface area contributed by atoms with Gasteiger partial charge in [-0.1, -0.05) is 24.3 Å². The smallest absolute Gasteiger partial charge is 0.262 e. The summed E-state index contributed by atoms with van der Waals surface area (Å²) in [4.78, 5) is 12.6. The van der Waals surface area contributed by atoms with Gasteiger partial charge in [0.15, 0.2) is 11.6 Å². The van der Waals surface area contributed by atoms with Crippen molar-refractivity contribution >= 4 is 21.6 Å². The molecule has 3 aromatic rings. The van der Waals surface area contributed by atoms with E-state index >= 15 is 0 Å². The van der Waals surface area contributed by atoms with E-state index in [0.717, 1.165) is 0 Å². The van der Waals surface area contributed by atoms with E-state index in [2.05, 4.69) is 10.0 Å². The summed E-state index contributed by atoms with van der Waals surface area (Å²) in [5.41, 5.74) is 1.45. The number of anilines is 1. The summed E-state index contributed by atoms with van der Waals surface area (Å²) in [5.74, 6) is -0.550. The molecular weight excluding hydrogens is 435 g/mol. The summed E-state index contributed by atoms with van der Waals surface area (Å²) in [7, 11) is -1.18. The molecule has 0 saturated heterocycles. The highest BCUT2D eigenvalue weighted by Gasteiger charge is 2.21. The number of ether oxygens (including phenoxy) is 2. The largest absolute Gasteiger partial charge is 0.495 e. The fourth-order valence-electron chi connectivity index (χ4n) is 3.06. The summed E-state index contributed by atoms with van der Waals surface area (Å²) in [5, 5.41) is 2.66. The van der Waals surface area contributed by atoms with E-state index in [1.165, 1.54) is 38.5 Å². The van der Waals surface area contributed by atoms with Crippen molar-refractivity contribution in [2.75, 3.05) is 18.9 Å². The second-order valence-electron chi connectivity index (χ2n) is 6.94. The maximum absolute atomic E-state index is 13.8. The van der Waals surface area contributed by atoms with E-state index < -0.39 is 21.7 Å². The van der Waals surface area contributed by atoms with E-state index in [1.807, 2.05) is 0 Å². The Morgan fingerprint density at radius 2 is 1.69 bits per heavy atom. The van der Waals surface area contributed by atoms with Gasteiger partial charge >= 0.3 is 0 Å². The molecule has 0 radical (unpaired) electrons. The molecule has 0 aliphatic rings. The fraction of sp³-hybridized carbons (Fsp3) is 0.174. The predicted molar refractivity (Wildman–Crippen MR) is 119 cm³/mol. The second kappa shape index (κ2) is 9.69. The van der Waals surface area contributed by atoms with Gasteiger partial charge in [-0.2, -0.15) is 0 Å². The Kier molecular flexibility index (Phi) is 6.99. The van der Waals surface area contributed by atoms with Crippen molar-refractivity contribution in [1.29, 1.82) is 0 Å². The molecule has 0 fully saturated rings. The first-order valence-electron chi connectivity index (χ1n) is 9.62. The van der Waals surface area contributed by atoms with E-state index in [4.69, 9.17) is 9.47 Å². The van der Waals surface area contributed by atoms with Gasteiger partial charge in [-0.3, -0.25) is 9.52 Å². The number of para-hydroxylation sites is 2. The summed E-state index contributed by atoms with van der Waals surface area (Å²) in [6, 6.07) is 15.4. The quantitative estimate of drug-likeness (QED) is 0.534. The zero-order valence-electron chi connectivity index (χ0n) is 17.8. The van der Waals surface area contributed by atoms with Crippen molar-refractivity contribution < 1.29 is 27.1 Å². The van der Waals surface area contributed by atoms with E-state index in [0.29, 0.717) is 16.9 Å².